The molecule has 0 fully saturated rings. The second-order valence-corrected chi connectivity index (χ2v) is 7.41. The van der Waals surface area contributed by atoms with Crippen LogP contribution in [0.5, 0.6) is 0 Å². The molecule has 0 atom stereocenters. The Bertz CT molecular complexity index is 1600. The van der Waals surface area contributed by atoms with Crippen LogP contribution in [0.25, 0.3) is 43.6 Å². The molecule has 0 saturated carbocycles. The molecule has 0 aliphatic carbocycles. The Morgan fingerprint density at radius 2 is 0.882 bits per heavy atom. The van der Waals surface area contributed by atoms with E-state index < -0.39 is 11.9 Å². The molecule has 0 amide bonds. The summed E-state index contributed by atoms with van der Waals surface area (Å²) in [5.74, 6) is -1.90. The summed E-state index contributed by atoms with van der Waals surface area (Å²) in [5, 5.41) is 21.2. The van der Waals surface area contributed by atoms with Gasteiger partial charge in [0.1, 0.15) is 0 Å². The van der Waals surface area contributed by atoms with Crippen LogP contribution in [0, 0.1) is 0 Å². The molecule has 34 heavy (non-hydrogen) atoms. The van der Waals surface area contributed by atoms with Crippen LogP contribution in [0.1, 0.15) is 20.7 Å². The Kier molecular flexibility index (Phi) is 5.23. The molecule has 0 aliphatic rings. The number of aromatic nitrogens is 4. The Hall–Kier alpha value is -4.98. The summed E-state index contributed by atoms with van der Waals surface area (Å²) in [4.78, 5) is 39.4. The first-order valence-electron chi connectivity index (χ1n) is 10.3. The van der Waals surface area contributed by atoms with Crippen molar-refractivity contribution in [1.82, 2.24) is 19.9 Å². The van der Waals surface area contributed by atoms with Gasteiger partial charge in [-0.05, 0) is 36.4 Å². The lowest BCUT2D eigenvalue weighted by Crippen LogP contribution is -1.99. The van der Waals surface area contributed by atoms with Crippen molar-refractivity contribution in [3.8, 4) is 0 Å². The highest BCUT2D eigenvalue weighted by Crippen LogP contribution is 2.26. The maximum atomic E-state index is 11.2. The average Bonchev–Trinajstić information content (AvgIpc) is 2.88. The minimum Gasteiger partial charge on any atom is -0.478 e. The molecule has 8 nitrogen and oxygen atoms in total. The summed E-state index contributed by atoms with van der Waals surface area (Å²) in [6.45, 7) is 0. The lowest BCUT2D eigenvalue weighted by atomic mass is 10.0. The van der Waals surface area contributed by atoms with Crippen molar-refractivity contribution in [3.05, 3.63) is 96.6 Å². The maximum Gasteiger partial charge on any atom is 0.336 e. The molecular formula is C26H16N4O4. The molecule has 6 rings (SSSR count). The highest BCUT2D eigenvalue weighted by Gasteiger charge is 2.13. The van der Waals surface area contributed by atoms with Gasteiger partial charge in [0.15, 0.2) is 0 Å². The van der Waals surface area contributed by atoms with Crippen molar-refractivity contribution in [2.75, 3.05) is 0 Å². The molecule has 0 saturated heterocycles. The largest absolute Gasteiger partial charge is 0.478 e. The standard InChI is InChI=1S/2C13H8N2O2/c2*16-13(17)10-7-8-3-1-5-14-11(8)12-9(10)4-2-6-15-12/h2*1-7H,(H,16,17). The van der Waals surface area contributed by atoms with Crippen LogP contribution in [0.3, 0.4) is 0 Å². The quantitative estimate of drug-likeness (QED) is 0.356. The normalized spacial score (nSPS) is 10.8. The predicted molar refractivity (Wildman–Crippen MR) is 128 cm³/mol. The van der Waals surface area contributed by atoms with E-state index in [1.807, 2.05) is 12.1 Å². The number of carbonyl (C=O) groups is 2. The van der Waals surface area contributed by atoms with Crippen LogP contribution >= 0.6 is 0 Å². The van der Waals surface area contributed by atoms with Crippen LogP contribution in [-0.2, 0) is 0 Å². The van der Waals surface area contributed by atoms with Crippen molar-refractivity contribution >= 4 is 55.6 Å². The van der Waals surface area contributed by atoms with Gasteiger partial charge in [0.25, 0.3) is 0 Å². The summed E-state index contributed by atoms with van der Waals surface area (Å²) in [6, 6.07) is 17.5. The number of hydrogen-bond donors (Lipinski definition) is 2. The molecule has 4 aromatic heterocycles. The van der Waals surface area contributed by atoms with E-state index in [-0.39, 0.29) is 11.1 Å². The molecular weight excluding hydrogens is 432 g/mol. The third-order valence-corrected chi connectivity index (χ3v) is 5.38. The lowest BCUT2D eigenvalue weighted by Gasteiger charge is -2.05. The van der Waals surface area contributed by atoms with Gasteiger partial charge in [-0.2, -0.15) is 0 Å². The zero-order valence-corrected chi connectivity index (χ0v) is 17.6. The highest BCUT2D eigenvalue weighted by molar-refractivity contribution is 6.13. The summed E-state index contributed by atoms with van der Waals surface area (Å²) < 4.78 is 0. The van der Waals surface area contributed by atoms with E-state index in [1.54, 1.807) is 73.3 Å². The first kappa shape index (κ1) is 20.9. The minimum absolute atomic E-state index is 0.258. The number of carboxylic acid groups (broad SMARTS) is 2. The first-order valence-corrected chi connectivity index (χ1v) is 10.3. The zero-order valence-electron chi connectivity index (χ0n) is 17.6. The van der Waals surface area contributed by atoms with Gasteiger partial charge in [0.2, 0.25) is 0 Å². The molecule has 0 aliphatic heterocycles. The second kappa shape index (κ2) is 8.51. The molecule has 2 N–H and O–H groups in total. The molecule has 0 radical (unpaired) electrons. The Morgan fingerprint density at radius 1 is 0.529 bits per heavy atom. The number of fused-ring (bicyclic) bond motifs is 6. The number of carboxylic acids is 2. The molecule has 0 bridgehead atoms. The lowest BCUT2D eigenvalue weighted by molar-refractivity contribution is 0.0688. The van der Waals surface area contributed by atoms with Gasteiger partial charge in [-0.15, -0.1) is 0 Å². The molecule has 6 aromatic rings. The summed E-state index contributed by atoms with van der Waals surface area (Å²) >= 11 is 0. The number of nitrogens with zero attached hydrogens (tertiary/aromatic N) is 4. The van der Waals surface area contributed by atoms with E-state index in [4.69, 9.17) is 0 Å². The SMILES string of the molecule is O=C(O)c1cc2cccnc2c2ncccc12.O=C(O)c1cc2cccnc2c2ncccc12. The van der Waals surface area contributed by atoms with Gasteiger partial charge in [-0.1, -0.05) is 24.3 Å². The van der Waals surface area contributed by atoms with Crippen LogP contribution in [0.15, 0.2) is 85.5 Å². The van der Waals surface area contributed by atoms with Crippen molar-refractivity contribution in [2.24, 2.45) is 0 Å². The van der Waals surface area contributed by atoms with Gasteiger partial charge in [-0.3, -0.25) is 19.9 Å². The van der Waals surface area contributed by atoms with E-state index in [1.165, 1.54) is 0 Å². The van der Waals surface area contributed by atoms with Gasteiger partial charge in [0, 0.05) is 46.3 Å². The maximum absolute atomic E-state index is 11.2. The summed E-state index contributed by atoms with van der Waals surface area (Å²) in [6.07, 6.45) is 6.64. The van der Waals surface area contributed by atoms with Gasteiger partial charge < -0.3 is 10.2 Å². The van der Waals surface area contributed by atoms with Crippen LogP contribution in [0.4, 0.5) is 0 Å². The van der Waals surface area contributed by atoms with Gasteiger partial charge >= 0.3 is 11.9 Å². The smallest absolute Gasteiger partial charge is 0.336 e. The summed E-state index contributed by atoms with van der Waals surface area (Å²) in [5.41, 5.74) is 3.23. The van der Waals surface area contributed by atoms with E-state index in [0.717, 1.165) is 21.8 Å². The van der Waals surface area contributed by atoms with Crippen LogP contribution in [-0.4, -0.2) is 42.1 Å². The second-order valence-electron chi connectivity index (χ2n) is 7.41. The third kappa shape index (κ3) is 3.63. The highest BCUT2D eigenvalue weighted by atomic mass is 16.4. The average molecular weight is 448 g/mol. The molecule has 164 valence electrons. The van der Waals surface area contributed by atoms with Crippen molar-refractivity contribution in [3.63, 3.8) is 0 Å². The number of rotatable bonds is 2. The van der Waals surface area contributed by atoms with E-state index in [9.17, 15) is 19.8 Å². The van der Waals surface area contributed by atoms with Crippen molar-refractivity contribution in [1.29, 1.82) is 0 Å². The monoisotopic (exact) mass is 448 g/mol. The molecule has 0 spiro atoms. The number of pyridine rings is 4. The number of aromatic carboxylic acids is 2. The van der Waals surface area contributed by atoms with Crippen LogP contribution in [0.2, 0.25) is 0 Å². The van der Waals surface area contributed by atoms with Crippen LogP contribution < -0.4 is 0 Å². The molecule has 8 heteroatoms. The first-order chi connectivity index (χ1) is 16.5. The fourth-order valence-electron chi connectivity index (χ4n) is 3.91. The predicted octanol–water partition coefficient (Wildman–Crippen LogP) is 4.96. The summed E-state index contributed by atoms with van der Waals surface area (Å²) in [7, 11) is 0. The fraction of sp³-hybridized carbons (Fsp3) is 0. The van der Waals surface area contributed by atoms with Gasteiger partial charge in [-0.25, -0.2) is 9.59 Å². The Labute approximate surface area is 192 Å². The van der Waals surface area contributed by atoms with Gasteiger partial charge in [0.05, 0.1) is 33.2 Å². The fourth-order valence-corrected chi connectivity index (χ4v) is 3.91. The number of benzene rings is 2. The third-order valence-electron chi connectivity index (χ3n) is 5.38. The molecule has 4 heterocycles. The van der Waals surface area contributed by atoms with Crippen molar-refractivity contribution < 1.29 is 19.8 Å². The van der Waals surface area contributed by atoms with E-state index >= 15 is 0 Å². The minimum atomic E-state index is -0.950. The van der Waals surface area contributed by atoms with E-state index in [0.29, 0.717) is 21.8 Å². The molecule has 0 unspecified atom stereocenters. The Balaban J connectivity index is 0.000000142. The number of hydrogen-bond acceptors (Lipinski definition) is 6. The Morgan fingerprint density at radius 3 is 1.26 bits per heavy atom. The van der Waals surface area contributed by atoms with E-state index in [2.05, 4.69) is 19.9 Å². The topological polar surface area (TPSA) is 126 Å². The van der Waals surface area contributed by atoms with Crippen molar-refractivity contribution in [2.45, 2.75) is 0 Å². The molecule has 2 aromatic carbocycles. The zero-order chi connectivity index (χ0) is 23.7.